The van der Waals surface area contributed by atoms with Gasteiger partial charge in [-0.3, -0.25) is 0 Å². The molecule has 0 atom stereocenters. The molecule has 1 aliphatic rings. The predicted octanol–water partition coefficient (Wildman–Crippen LogP) is 3.98. The third kappa shape index (κ3) is 2.50. The first-order valence-corrected chi connectivity index (χ1v) is 8.36. The zero-order valence-corrected chi connectivity index (χ0v) is 13.2. The summed E-state index contributed by atoms with van der Waals surface area (Å²) >= 11 is 0. The molecule has 2 aromatic rings. The van der Waals surface area contributed by atoms with E-state index in [1.165, 1.54) is 35.8 Å². The summed E-state index contributed by atoms with van der Waals surface area (Å²) in [5, 5.41) is 14.0. The number of hydrogen-bond acceptors (Lipinski definition) is 2. The minimum atomic E-state index is 0.380. The van der Waals surface area contributed by atoms with Crippen molar-refractivity contribution in [3.63, 3.8) is 0 Å². The summed E-state index contributed by atoms with van der Waals surface area (Å²) < 4.78 is 2.03. The Morgan fingerprint density at radius 3 is 2.52 bits per heavy atom. The summed E-state index contributed by atoms with van der Waals surface area (Å²) in [7, 11) is 0. The lowest BCUT2D eigenvalue weighted by molar-refractivity contribution is 0.408. The van der Waals surface area contributed by atoms with Crippen LogP contribution in [0, 0.1) is 0 Å². The second kappa shape index (κ2) is 6.00. The van der Waals surface area contributed by atoms with Crippen LogP contribution >= 0.6 is 0 Å². The van der Waals surface area contributed by atoms with Crippen LogP contribution in [-0.2, 0) is 12.8 Å². The number of nitrogens with zero attached hydrogens (tertiary/aromatic N) is 2. The van der Waals surface area contributed by atoms with Crippen molar-refractivity contribution in [1.29, 1.82) is 0 Å². The maximum Gasteiger partial charge on any atom is 0.211 e. The van der Waals surface area contributed by atoms with Gasteiger partial charge in [-0.05, 0) is 55.7 Å². The second-order valence-electron chi connectivity index (χ2n) is 6.11. The van der Waals surface area contributed by atoms with Gasteiger partial charge in [-0.15, -0.1) is 0 Å². The van der Waals surface area contributed by atoms with Crippen LogP contribution in [0.3, 0.4) is 0 Å². The maximum atomic E-state index is 10.5. The van der Waals surface area contributed by atoms with Gasteiger partial charge in [-0.2, -0.15) is 0 Å². The molecule has 0 fully saturated rings. The maximum absolute atomic E-state index is 10.5. The van der Waals surface area contributed by atoms with Crippen molar-refractivity contribution in [3.05, 3.63) is 29.3 Å². The first-order valence-electron chi connectivity index (χ1n) is 8.36. The van der Waals surface area contributed by atoms with Gasteiger partial charge in [-0.25, -0.2) is 4.68 Å². The Morgan fingerprint density at radius 2 is 1.81 bits per heavy atom. The lowest BCUT2D eigenvalue weighted by Crippen LogP contribution is -2.35. The van der Waals surface area contributed by atoms with Crippen LogP contribution in [0.1, 0.15) is 50.7 Å². The summed E-state index contributed by atoms with van der Waals surface area (Å²) in [6, 6.07) is 6.43. The normalized spacial score (nSPS) is 14.4. The van der Waals surface area contributed by atoms with Gasteiger partial charge in [0.1, 0.15) is 0 Å². The fourth-order valence-corrected chi connectivity index (χ4v) is 3.63. The van der Waals surface area contributed by atoms with Crippen molar-refractivity contribution in [2.24, 2.45) is 0 Å². The van der Waals surface area contributed by atoms with Crippen molar-refractivity contribution in [1.82, 2.24) is 4.68 Å². The SMILES string of the molecule is CCCN(CCC)n1c(O)cc2c3c(ccc21)CCCC3. The molecule has 1 N–H and O–H groups in total. The Balaban J connectivity index is 2.12. The molecule has 0 radical (unpaired) electrons. The average molecular weight is 286 g/mol. The highest BCUT2D eigenvalue weighted by Crippen LogP contribution is 2.33. The van der Waals surface area contributed by atoms with Crippen LogP contribution in [0.25, 0.3) is 10.9 Å². The minimum Gasteiger partial charge on any atom is -0.493 e. The van der Waals surface area contributed by atoms with E-state index in [4.69, 9.17) is 0 Å². The van der Waals surface area contributed by atoms with E-state index in [0.29, 0.717) is 5.88 Å². The molecule has 0 aliphatic heterocycles. The predicted molar refractivity (Wildman–Crippen MR) is 88.8 cm³/mol. The first kappa shape index (κ1) is 14.3. The number of aryl methyl sites for hydroxylation is 2. The van der Waals surface area contributed by atoms with E-state index in [1.54, 1.807) is 0 Å². The van der Waals surface area contributed by atoms with Crippen molar-refractivity contribution in [3.8, 4) is 5.88 Å². The molecule has 1 aromatic carbocycles. The Hall–Kier alpha value is -1.64. The van der Waals surface area contributed by atoms with Gasteiger partial charge < -0.3 is 10.1 Å². The second-order valence-corrected chi connectivity index (χ2v) is 6.11. The largest absolute Gasteiger partial charge is 0.493 e. The highest BCUT2D eigenvalue weighted by Gasteiger charge is 2.19. The zero-order chi connectivity index (χ0) is 14.8. The van der Waals surface area contributed by atoms with Crippen LogP contribution in [0.15, 0.2) is 18.2 Å². The number of aromatic nitrogens is 1. The van der Waals surface area contributed by atoms with E-state index in [0.717, 1.165) is 37.9 Å². The molecular formula is C18H26N2O. The number of aromatic hydroxyl groups is 1. The molecule has 3 rings (SSSR count). The number of fused-ring (bicyclic) bond motifs is 3. The van der Waals surface area contributed by atoms with E-state index in [-0.39, 0.29) is 0 Å². The molecule has 0 bridgehead atoms. The highest BCUT2D eigenvalue weighted by molar-refractivity contribution is 5.87. The van der Waals surface area contributed by atoms with Crippen LogP contribution in [0.4, 0.5) is 0 Å². The standard InChI is InChI=1S/C18H26N2O/c1-3-11-19(12-4-2)20-17-10-9-14-7-5-6-8-15(14)16(17)13-18(20)21/h9-10,13,21H,3-8,11-12H2,1-2H3. The quantitative estimate of drug-likeness (QED) is 0.900. The summed E-state index contributed by atoms with van der Waals surface area (Å²) in [5.74, 6) is 0.380. The molecule has 0 saturated heterocycles. The average Bonchev–Trinajstić information content (AvgIpc) is 2.83. The molecule has 0 spiro atoms. The summed E-state index contributed by atoms with van der Waals surface area (Å²) in [6.45, 7) is 6.32. The van der Waals surface area contributed by atoms with E-state index in [1.807, 2.05) is 10.7 Å². The molecule has 1 aromatic heterocycles. The Bertz CT molecular complexity index is 624. The lowest BCUT2D eigenvalue weighted by Gasteiger charge is -2.27. The number of benzene rings is 1. The van der Waals surface area contributed by atoms with Gasteiger partial charge in [0, 0.05) is 24.5 Å². The minimum absolute atomic E-state index is 0.380. The van der Waals surface area contributed by atoms with Crippen molar-refractivity contribution >= 4 is 10.9 Å². The highest BCUT2D eigenvalue weighted by atomic mass is 16.3. The zero-order valence-electron chi connectivity index (χ0n) is 13.2. The molecule has 1 heterocycles. The van der Waals surface area contributed by atoms with Crippen LogP contribution < -0.4 is 5.01 Å². The molecular weight excluding hydrogens is 260 g/mol. The van der Waals surface area contributed by atoms with Crippen molar-refractivity contribution in [2.75, 3.05) is 18.1 Å². The fraction of sp³-hybridized carbons (Fsp3) is 0.556. The first-order chi connectivity index (χ1) is 10.3. The number of rotatable bonds is 5. The fourth-order valence-electron chi connectivity index (χ4n) is 3.63. The Kier molecular flexibility index (Phi) is 4.09. The van der Waals surface area contributed by atoms with Crippen molar-refractivity contribution in [2.45, 2.75) is 52.4 Å². The van der Waals surface area contributed by atoms with Gasteiger partial charge in [0.05, 0.1) is 5.52 Å². The van der Waals surface area contributed by atoms with E-state index in [2.05, 4.69) is 31.0 Å². The smallest absolute Gasteiger partial charge is 0.211 e. The van der Waals surface area contributed by atoms with E-state index >= 15 is 0 Å². The third-order valence-corrected chi connectivity index (χ3v) is 4.52. The topological polar surface area (TPSA) is 28.4 Å². The molecule has 1 aliphatic carbocycles. The molecule has 0 unspecified atom stereocenters. The van der Waals surface area contributed by atoms with Gasteiger partial charge >= 0.3 is 0 Å². The Labute approximate surface area is 127 Å². The van der Waals surface area contributed by atoms with Gasteiger partial charge in [0.15, 0.2) is 0 Å². The van der Waals surface area contributed by atoms with Crippen molar-refractivity contribution < 1.29 is 5.11 Å². The van der Waals surface area contributed by atoms with Crippen LogP contribution in [-0.4, -0.2) is 22.9 Å². The molecule has 3 nitrogen and oxygen atoms in total. The van der Waals surface area contributed by atoms with Crippen LogP contribution in [0.5, 0.6) is 5.88 Å². The summed E-state index contributed by atoms with van der Waals surface area (Å²) in [4.78, 5) is 0. The summed E-state index contributed by atoms with van der Waals surface area (Å²) in [6.07, 6.45) is 7.07. The van der Waals surface area contributed by atoms with E-state index < -0.39 is 0 Å². The third-order valence-electron chi connectivity index (χ3n) is 4.52. The molecule has 114 valence electrons. The molecule has 0 amide bonds. The lowest BCUT2D eigenvalue weighted by atomic mass is 9.89. The molecule has 21 heavy (non-hydrogen) atoms. The monoisotopic (exact) mass is 286 g/mol. The summed E-state index contributed by atoms with van der Waals surface area (Å²) in [5.41, 5.74) is 4.10. The van der Waals surface area contributed by atoms with E-state index in [9.17, 15) is 5.11 Å². The molecule has 0 saturated carbocycles. The van der Waals surface area contributed by atoms with Gasteiger partial charge in [0.2, 0.25) is 5.88 Å². The Morgan fingerprint density at radius 1 is 1.10 bits per heavy atom. The van der Waals surface area contributed by atoms with Crippen LogP contribution in [0.2, 0.25) is 0 Å². The van der Waals surface area contributed by atoms with Gasteiger partial charge in [0.25, 0.3) is 0 Å². The molecule has 3 heteroatoms. The van der Waals surface area contributed by atoms with Gasteiger partial charge in [-0.1, -0.05) is 19.9 Å². The number of hydrogen-bond donors (Lipinski definition) is 1.